The van der Waals surface area contributed by atoms with Gasteiger partial charge in [-0.15, -0.1) is 11.3 Å². The summed E-state index contributed by atoms with van der Waals surface area (Å²) in [5.41, 5.74) is 1.05. The minimum atomic E-state index is 0.540. The largest absolute Gasteiger partial charge is 0.486 e. The van der Waals surface area contributed by atoms with Gasteiger partial charge in [0.25, 0.3) is 0 Å². The molecule has 0 bridgehead atoms. The Morgan fingerprint density at radius 3 is 2.84 bits per heavy atom. The third kappa shape index (κ3) is 3.93. The fraction of sp³-hybridized carbons (Fsp3) is 0.357. The molecule has 0 atom stereocenters. The van der Waals surface area contributed by atoms with Gasteiger partial charge < -0.3 is 10.1 Å². The monoisotopic (exact) mass is 294 g/mol. The maximum atomic E-state index is 5.87. The van der Waals surface area contributed by atoms with E-state index in [-0.39, 0.29) is 0 Å². The van der Waals surface area contributed by atoms with Crippen molar-refractivity contribution in [1.82, 2.24) is 10.3 Å². The van der Waals surface area contributed by atoms with Crippen molar-refractivity contribution in [3.05, 3.63) is 45.4 Å². The lowest BCUT2D eigenvalue weighted by Gasteiger charge is -2.06. The molecule has 0 unspecified atom stereocenters. The zero-order valence-corrected chi connectivity index (χ0v) is 12.0. The quantitative estimate of drug-likeness (QED) is 0.883. The van der Waals surface area contributed by atoms with Gasteiger partial charge in [-0.1, -0.05) is 11.6 Å². The molecule has 2 aromatic rings. The summed E-state index contributed by atoms with van der Waals surface area (Å²) < 4.78 is 6.46. The summed E-state index contributed by atoms with van der Waals surface area (Å²) >= 11 is 7.41. The van der Waals surface area contributed by atoms with Crippen LogP contribution in [0.1, 0.15) is 23.4 Å². The molecule has 3 rings (SSSR count). The predicted molar refractivity (Wildman–Crippen MR) is 77.8 cm³/mol. The van der Waals surface area contributed by atoms with E-state index in [1.54, 1.807) is 6.20 Å². The molecular weight excluding hydrogens is 280 g/mol. The topological polar surface area (TPSA) is 34.1 Å². The average molecular weight is 295 g/mol. The zero-order chi connectivity index (χ0) is 13.1. The number of pyridine rings is 1. The van der Waals surface area contributed by atoms with Crippen LogP contribution in [0.4, 0.5) is 0 Å². The highest BCUT2D eigenvalue weighted by Gasteiger charge is 2.19. The van der Waals surface area contributed by atoms with E-state index in [1.807, 2.05) is 24.3 Å². The zero-order valence-electron chi connectivity index (χ0n) is 10.4. The average Bonchev–Trinajstić information content (AvgIpc) is 3.17. The Kier molecular flexibility index (Phi) is 4.01. The smallest absolute Gasteiger partial charge is 0.138 e. The van der Waals surface area contributed by atoms with Crippen LogP contribution in [-0.2, 0) is 13.2 Å². The first-order valence-electron chi connectivity index (χ1n) is 6.35. The highest BCUT2D eigenvalue weighted by molar-refractivity contribution is 7.16. The van der Waals surface area contributed by atoms with Gasteiger partial charge in [-0.25, -0.2) is 0 Å². The number of hydrogen-bond donors (Lipinski definition) is 1. The molecular formula is C14H15ClN2OS. The van der Waals surface area contributed by atoms with Crippen LogP contribution in [0.3, 0.4) is 0 Å². The van der Waals surface area contributed by atoms with E-state index in [1.165, 1.54) is 24.2 Å². The highest BCUT2D eigenvalue weighted by atomic mass is 35.5. The lowest BCUT2D eigenvalue weighted by atomic mass is 10.3. The van der Waals surface area contributed by atoms with Gasteiger partial charge in [0.05, 0.1) is 16.2 Å². The van der Waals surface area contributed by atoms with Gasteiger partial charge in [0.1, 0.15) is 12.4 Å². The second kappa shape index (κ2) is 5.90. The van der Waals surface area contributed by atoms with Crippen LogP contribution < -0.4 is 10.1 Å². The number of thiophene rings is 1. The Hall–Kier alpha value is -1.10. The van der Waals surface area contributed by atoms with Crippen LogP contribution in [0.15, 0.2) is 30.5 Å². The van der Waals surface area contributed by atoms with Crippen molar-refractivity contribution in [1.29, 1.82) is 0 Å². The van der Waals surface area contributed by atoms with Gasteiger partial charge in [-0.2, -0.15) is 0 Å². The Morgan fingerprint density at radius 1 is 1.32 bits per heavy atom. The van der Waals surface area contributed by atoms with Crippen molar-refractivity contribution in [2.45, 2.75) is 32.0 Å². The molecule has 0 aliphatic heterocycles. The molecule has 19 heavy (non-hydrogen) atoms. The number of halogens is 1. The van der Waals surface area contributed by atoms with Crippen LogP contribution in [0.5, 0.6) is 5.75 Å². The normalized spacial score (nSPS) is 14.6. The lowest BCUT2D eigenvalue weighted by Crippen LogP contribution is -2.16. The van der Waals surface area contributed by atoms with Gasteiger partial charge in [-0.05, 0) is 37.1 Å². The van der Waals surface area contributed by atoms with E-state index < -0.39 is 0 Å². The summed E-state index contributed by atoms with van der Waals surface area (Å²) in [6.07, 6.45) is 4.37. The first kappa shape index (κ1) is 12.9. The summed E-state index contributed by atoms with van der Waals surface area (Å²) in [6.45, 7) is 1.38. The molecule has 1 saturated carbocycles. The molecule has 0 amide bonds. The Bertz CT molecular complexity index is 537. The minimum Gasteiger partial charge on any atom is -0.486 e. The van der Waals surface area contributed by atoms with Crippen LogP contribution >= 0.6 is 22.9 Å². The Morgan fingerprint density at radius 2 is 2.21 bits per heavy atom. The first-order valence-corrected chi connectivity index (χ1v) is 7.54. The summed E-state index contributed by atoms with van der Waals surface area (Å²) in [5.74, 6) is 0.791. The summed E-state index contributed by atoms with van der Waals surface area (Å²) in [5, 5.41) is 3.44. The first-order chi connectivity index (χ1) is 9.29. The molecule has 0 radical (unpaired) electrons. The molecule has 1 aliphatic carbocycles. The van der Waals surface area contributed by atoms with Gasteiger partial charge >= 0.3 is 0 Å². The standard InChI is InChI=1S/C14H15ClN2OS/c15-14-6-5-13(19-14)9-18-12-4-3-11(17-8-12)7-16-10-1-2-10/h3-6,8,10,16H,1-2,7,9H2. The van der Waals surface area contributed by atoms with E-state index in [0.717, 1.165) is 27.2 Å². The maximum Gasteiger partial charge on any atom is 0.138 e. The number of rotatable bonds is 6. The van der Waals surface area contributed by atoms with E-state index in [9.17, 15) is 0 Å². The lowest BCUT2D eigenvalue weighted by molar-refractivity contribution is 0.308. The molecule has 0 spiro atoms. The van der Waals surface area contributed by atoms with Crippen LogP contribution in [-0.4, -0.2) is 11.0 Å². The Labute approximate surface area is 121 Å². The fourth-order valence-electron chi connectivity index (χ4n) is 1.72. The number of nitrogens with zero attached hydrogens (tertiary/aromatic N) is 1. The van der Waals surface area contributed by atoms with Gasteiger partial charge in [0.15, 0.2) is 0 Å². The molecule has 100 valence electrons. The van der Waals surface area contributed by atoms with Crippen molar-refractivity contribution < 1.29 is 4.74 Å². The van der Waals surface area contributed by atoms with Gasteiger partial charge in [-0.3, -0.25) is 4.98 Å². The van der Waals surface area contributed by atoms with Crippen molar-refractivity contribution in [3.8, 4) is 5.75 Å². The minimum absolute atomic E-state index is 0.540. The third-order valence-corrected chi connectivity index (χ3v) is 4.16. The van der Waals surface area contributed by atoms with Crippen molar-refractivity contribution in [2.24, 2.45) is 0 Å². The summed E-state index contributed by atoms with van der Waals surface area (Å²) in [7, 11) is 0. The summed E-state index contributed by atoms with van der Waals surface area (Å²) in [6, 6.07) is 8.55. The Balaban J connectivity index is 1.50. The second-order valence-corrected chi connectivity index (χ2v) is 6.43. The van der Waals surface area contributed by atoms with Crippen LogP contribution in [0, 0.1) is 0 Å². The number of hydrogen-bond acceptors (Lipinski definition) is 4. The van der Waals surface area contributed by atoms with E-state index in [0.29, 0.717) is 12.6 Å². The molecule has 3 nitrogen and oxygen atoms in total. The molecule has 0 saturated heterocycles. The van der Waals surface area contributed by atoms with Crippen molar-refractivity contribution >= 4 is 22.9 Å². The molecule has 0 aromatic carbocycles. The molecule has 5 heteroatoms. The van der Waals surface area contributed by atoms with Crippen molar-refractivity contribution in [2.75, 3.05) is 0 Å². The van der Waals surface area contributed by atoms with Gasteiger partial charge in [0, 0.05) is 17.5 Å². The van der Waals surface area contributed by atoms with Crippen LogP contribution in [0.2, 0.25) is 4.34 Å². The molecule has 2 aromatic heterocycles. The maximum absolute atomic E-state index is 5.87. The second-order valence-electron chi connectivity index (χ2n) is 4.63. The molecule has 1 fully saturated rings. The van der Waals surface area contributed by atoms with Gasteiger partial charge in [0.2, 0.25) is 0 Å². The number of ether oxygens (including phenoxy) is 1. The van der Waals surface area contributed by atoms with E-state index in [4.69, 9.17) is 16.3 Å². The predicted octanol–water partition coefficient (Wildman–Crippen LogP) is 3.63. The highest BCUT2D eigenvalue weighted by Crippen LogP contribution is 2.23. The number of aromatic nitrogens is 1. The summed E-state index contributed by atoms with van der Waals surface area (Å²) in [4.78, 5) is 5.50. The third-order valence-electron chi connectivity index (χ3n) is 2.96. The molecule has 2 heterocycles. The molecule has 1 aliphatic rings. The van der Waals surface area contributed by atoms with E-state index in [2.05, 4.69) is 10.3 Å². The number of nitrogens with one attached hydrogen (secondary N) is 1. The molecule has 1 N–H and O–H groups in total. The fourth-order valence-corrected chi connectivity index (χ4v) is 2.72. The van der Waals surface area contributed by atoms with Crippen LogP contribution in [0.25, 0.3) is 0 Å². The van der Waals surface area contributed by atoms with Crippen molar-refractivity contribution in [3.63, 3.8) is 0 Å². The van der Waals surface area contributed by atoms with E-state index >= 15 is 0 Å². The SMILES string of the molecule is Clc1ccc(COc2ccc(CNC3CC3)nc2)s1.